The molecule has 5 heteroatoms. The first kappa shape index (κ1) is 19.1. The Labute approximate surface area is 161 Å². The maximum atomic E-state index is 12.5. The lowest BCUT2D eigenvalue weighted by Gasteiger charge is -2.37. The van der Waals surface area contributed by atoms with Gasteiger partial charge in [-0.05, 0) is 55.3 Å². The van der Waals surface area contributed by atoms with Crippen molar-refractivity contribution in [3.05, 3.63) is 53.6 Å². The number of hydrogen-bond donors (Lipinski definition) is 0. The second kappa shape index (κ2) is 8.80. The Balaban J connectivity index is 1.45. The van der Waals surface area contributed by atoms with Gasteiger partial charge < -0.3 is 19.3 Å². The van der Waals surface area contributed by atoms with Crippen molar-refractivity contribution in [2.45, 2.75) is 20.3 Å². The first-order valence-corrected chi connectivity index (χ1v) is 9.44. The number of carbonyl (C=O) groups is 1. The molecule has 0 N–H and O–H groups in total. The molecule has 1 heterocycles. The van der Waals surface area contributed by atoms with Gasteiger partial charge in [0, 0.05) is 31.9 Å². The molecule has 2 aromatic rings. The van der Waals surface area contributed by atoms with Crippen LogP contribution >= 0.6 is 0 Å². The van der Waals surface area contributed by atoms with Crippen LogP contribution in [0.1, 0.15) is 17.5 Å². The van der Waals surface area contributed by atoms with Crippen molar-refractivity contribution in [2.75, 3.05) is 44.8 Å². The van der Waals surface area contributed by atoms with E-state index in [1.165, 1.54) is 16.8 Å². The van der Waals surface area contributed by atoms with Gasteiger partial charge in [-0.3, -0.25) is 4.79 Å². The smallest absolute Gasteiger partial charge is 0.226 e. The molecule has 0 bridgehead atoms. The highest BCUT2D eigenvalue weighted by Gasteiger charge is 2.22. The summed E-state index contributed by atoms with van der Waals surface area (Å²) >= 11 is 0. The van der Waals surface area contributed by atoms with E-state index in [1.807, 2.05) is 29.2 Å². The van der Waals surface area contributed by atoms with E-state index in [4.69, 9.17) is 9.47 Å². The molecule has 1 aliphatic rings. The average Bonchev–Trinajstić information content (AvgIpc) is 2.70. The first-order chi connectivity index (χ1) is 13.1. The number of ether oxygens (including phenoxy) is 2. The van der Waals surface area contributed by atoms with Crippen LogP contribution in [0, 0.1) is 13.8 Å². The van der Waals surface area contributed by atoms with Gasteiger partial charge >= 0.3 is 0 Å². The van der Waals surface area contributed by atoms with Crippen molar-refractivity contribution >= 4 is 11.6 Å². The van der Waals surface area contributed by atoms with Gasteiger partial charge in [0.05, 0.1) is 20.1 Å². The number of piperazine rings is 1. The van der Waals surface area contributed by atoms with E-state index in [1.54, 1.807) is 7.11 Å². The zero-order chi connectivity index (χ0) is 19.2. The molecule has 0 spiro atoms. The Kier molecular flexibility index (Phi) is 6.22. The minimum atomic E-state index is 0.157. The zero-order valence-electron chi connectivity index (χ0n) is 16.4. The number of nitrogens with zero attached hydrogens (tertiary/aromatic N) is 2. The Morgan fingerprint density at radius 1 is 0.963 bits per heavy atom. The van der Waals surface area contributed by atoms with E-state index in [2.05, 4.69) is 36.9 Å². The van der Waals surface area contributed by atoms with Crippen molar-refractivity contribution in [3.8, 4) is 11.5 Å². The summed E-state index contributed by atoms with van der Waals surface area (Å²) in [6.45, 7) is 7.96. The van der Waals surface area contributed by atoms with Gasteiger partial charge in [-0.1, -0.05) is 12.1 Å². The third kappa shape index (κ3) is 4.73. The quantitative estimate of drug-likeness (QED) is 0.783. The fraction of sp³-hybridized carbons (Fsp3) is 0.409. The number of anilines is 1. The number of methoxy groups -OCH3 is 1. The number of carbonyl (C=O) groups excluding carboxylic acids is 1. The molecular weight excluding hydrogens is 340 g/mol. The molecule has 144 valence electrons. The van der Waals surface area contributed by atoms with Crippen LogP contribution < -0.4 is 14.4 Å². The molecule has 2 aromatic carbocycles. The molecule has 0 aliphatic carbocycles. The summed E-state index contributed by atoms with van der Waals surface area (Å²) in [6.07, 6.45) is 0.398. The van der Waals surface area contributed by atoms with Crippen LogP contribution in [0.25, 0.3) is 0 Å². The molecule has 0 atom stereocenters. The van der Waals surface area contributed by atoms with Crippen LogP contribution in [0.2, 0.25) is 0 Å². The predicted molar refractivity (Wildman–Crippen MR) is 108 cm³/mol. The highest BCUT2D eigenvalue weighted by Crippen LogP contribution is 2.24. The number of amides is 1. The summed E-state index contributed by atoms with van der Waals surface area (Å²) in [5, 5.41) is 0. The molecule has 1 amide bonds. The van der Waals surface area contributed by atoms with E-state index >= 15 is 0 Å². The second-order valence-electron chi connectivity index (χ2n) is 6.86. The van der Waals surface area contributed by atoms with E-state index in [-0.39, 0.29) is 5.91 Å². The Morgan fingerprint density at radius 2 is 1.63 bits per heavy atom. The Hall–Kier alpha value is -2.69. The fourth-order valence-electron chi connectivity index (χ4n) is 3.36. The van der Waals surface area contributed by atoms with Crippen LogP contribution in [0.15, 0.2) is 42.5 Å². The summed E-state index contributed by atoms with van der Waals surface area (Å²) in [5.74, 6) is 1.70. The Bertz CT molecular complexity index is 766. The van der Waals surface area contributed by atoms with Crippen molar-refractivity contribution in [2.24, 2.45) is 0 Å². The molecule has 27 heavy (non-hydrogen) atoms. The van der Waals surface area contributed by atoms with Crippen LogP contribution in [-0.4, -0.2) is 50.7 Å². The van der Waals surface area contributed by atoms with Gasteiger partial charge in [0.15, 0.2) is 0 Å². The summed E-state index contributed by atoms with van der Waals surface area (Å²) < 4.78 is 10.8. The highest BCUT2D eigenvalue weighted by atomic mass is 16.5. The van der Waals surface area contributed by atoms with Crippen molar-refractivity contribution < 1.29 is 14.3 Å². The highest BCUT2D eigenvalue weighted by molar-refractivity contribution is 5.76. The van der Waals surface area contributed by atoms with E-state index in [0.717, 1.165) is 37.7 Å². The molecule has 1 aliphatic heterocycles. The van der Waals surface area contributed by atoms with Gasteiger partial charge in [-0.25, -0.2) is 0 Å². The molecule has 0 unspecified atom stereocenters. The Morgan fingerprint density at radius 3 is 2.30 bits per heavy atom. The van der Waals surface area contributed by atoms with E-state index < -0.39 is 0 Å². The molecule has 1 saturated heterocycles. The normalized spacial score (nSPS) is 14.2. The first-order valence-electron chi connectivity index (χ1n) is 9.44. The van der Waals surface area contributed by atoms with Crippen LogP contribution in [0.3, 0.4) is 0 Å². The zero-order valence-corrected chi connectivity index (χ0v) is 16.4. The molecule has 1 fully saturated rings. The van der Waals surface area contributed by atoms with Gasteiger partial charge in [0.2, 0.25) is 5.91 Å². The molecule has 0 saturated carbocycles. The van der Waals surface area contributed by atoms with Gasteiger partial charge in [-0.15, -0.1) is 0 Å². The van der Waals surface area contributed by atoms with Crippen molar-refractivity contribution in [1.29, 1.82) is 0 Å². The summed E-state index contributed by atoms with van der Waals surface area (Å²) in [4.78, 5) is 16.8. The van der Waals surface area contributed by atoms with E-state index in [0.29, 0.717) is 13.0 Å². The summed E-state index contributed by atoms with van der Waals surface area (Å²) in [7, 11) is 1.63. The maximum absolute atomic E-state index is 12.5. The maximum Gasteiger partial charge on any atom is 0.226 e. The largest absolute Gasteiger partial charge is 0.497 e. The van der Waals surface area contributed by atoms with Crippen LogP contribution in [0.4, 0.5) is 5.69 Å². The minimum absolute atomic E-state index is 0.157. The SMILES string of the molecule is COc1ccc(OCCC(=O)N2CCN(c3cccc(C)c3C)CC2)cc1. The minimum Gasteiger partial charge on any atom is -0.497 e. The lowest BCUT2D eigenvalue weighted by Crippen LogP contribution is -2.49. The topological polar surface area (TPSA) is 42.0 Å². The van der Waals surface area contributed by atoms with Crippen LogP contribution in [-0.2, 0) is 4.79 Å². The van der Waals surface area contributed by atoms with Crippen molar-refractivity contribution in [1.82, 2.24) is 4.90 Å². The predicted octanol–water partition coefficient (Wildman–Crippen LogP) is 3.43. The molecule has 0 radical (unpaired) electrons. The third-order valence-electron chi connectivity index (χ3n) is 5.19. The monoisotopic (exact) mass is 368 g/mol. The second-order valence-corrected chi connectivity index (χ2v) is 6.86. The lowest BCUT2D eigenvalue weighted by molar-refractivity contribution is -0.132. The number of rotatable bonds is 6. The summed E-state index contributed by atoms with van der Waals surface area (Å²) in [6, 6.07) is 13.8. The molecular formula is C22H28N2O3. The van der Waals surface area contributed by atoms with Gasteiger partial charge in [0.25, 0.3) is 0 Å². The standard InChI is InChI=1S/C22H28N2O3/c1-17-5-4-6-21(18(17)2)23-12-14-24(15-13-23)22(25)11-16-27-20-9-7-19(26-3)8-10-20/h4-10H,11-16H2,1-3H3. The molecule has 3 rings (SSSR count). The fourth-order valence-corrected chi connectivity index (χ4v) is 3.36. The number of benzene rings is 2. The van der Waals surface area contributed by atoms with Crippen molar-refractivity contribution in [3.63, 3.8) is 0 Å². The number of aryl methyl sites for hydroxylation is 1. The van der Waals surface area contributed by atoms with Gasteiger partial charge in [-0.2, -0.15) is 0 Å². The molecule has 0 aromatic heterocycles. The number of hydrogen-bond acceptors (Lipinski definition) is 4. The van der Waals surface area contributed by atoms with E-state index in [9.17, 15) is 4.79 Å². The lowest BCUT2D eigenvalue weighted by atomic mass is 10.1. The van der Waals surface area contributed by atoms with Crippen LogP contribution in [0.5, 0.6) is 11.5 Å². The average molecular weight is 368 g/mol. The van der Waals surface area contributed by atoms with Gasteiger partial charge in [0.1, 0.15) is 11.5 Å². The molecule has 5 nitrogen and oxygen atoms in total. The third-order valence-corrected chi connectivity index (χ3v) is 5.19. The summed E-state index contributed by atoms with van der Waals surface area (Å²) in [5.41, 5.74) is 3.91.